The van der Waals surface area contributed by atoms with E-state index in [9.17, 15) is 9.59 Å². The number of rotatable bonds is 2. The van der Waals surface area contributed by atoms with Gasteiger partial charge in [-0.25, -0.2) is 4.79 Å². The minimum absolute atomic E-state index is 0.0253. The molecule has 1 aliphatic carbocycles. The van der Waals surface area contributed by atoms with Gasteiger partial charge in [-0.3, -0.25) is 4.79 Å². The van der Waals surface area contributed by atoms with Gasteiger partial charge >= 0.3 is 6.03 Å². The Bertz CT molecular complexity index is 691. The summed E-state index contributed by atoms with van der Waals surface area (Å²) in [4.78, 5) is 29.6. The average Bonchev–Trinajstić information content (AvgIpc) is 3.04. The number of carbonyl (C=O) groups excluding carboxylic acids is 2. The molecule has 2 heterocycles. The van der Waals surface area contributed by atoms with Crippen LogP contribution < -0.4 is 10.2 Å². The van der Waals surface area contributed by atoms with Gasteiger partial charge in [0.1, 0.15) is 0 Å². The number of hydrogen-bond donors (Lipinski definition) is 1. The summed E-state index contributed by atoms with van der Waals surface area (Å²) in [7, 11) is 0. The van der Waals surface area contributed by atoms with Crippen LogP contribution in [-0.4, -0.2) is 42.0 Å². The molecule has 0 spiro atoms. The molecule has 146 valence electrons. The van der Waals surface area contributed by atoms with Gasteiger partial charge in [0.15, 0.2) is 0 Å². The van der Waals surface area contributed by atoms with Crippen molar-refractivity contribution in [1.82, 2.24) is 10.2 Å². The van der Waals surface area contributed by atoms with E-state index >= 15 is 0 Å². The lowest BCUT2D eigenvalue weighted by atomic mass is 9.94. The molecule has 3 aliphatic rings. The maximum absolute atomic E-state index is 13.2. The van der Waals surface area contributed by atoms with Crippen molar-refractivity contribution in [2.24, 2.45) is 5.92 Å². The maximum Gasteiger partial charge on any atom is 0.317 e. The smallest absolute Gasteiger partial charge is 0.317 e. The van der Waals surface area contributed by atoms with Crippen LogP contribution in [0.2, 0.25) is 0 Å². The number of likely N-dealkylation sites (tertiary alicyclic amines) is 1. The molecular weight excluding hydrogens is 338 g/mol. The zero-order chi connectivity index (χ0) is 18.8. The van der Waals surface area contributed by atoms with Crippen LogP contribution in [0.3, 0.4) is 0 Å². The van der Waals surface area contributed by atoms with Crippen LogP contribution in [0.5, 0.6) is 0 Å². The number of amides is 3. The molecule has 1 unspecified atom stereocenters. The van der Waals surface area contributed by atoms with Gasteiger partial charge in [0.05, 0.1) is 0 Å². The first-order valence-corrected chi connectivity index (χ1v) is 10.6. The van der Waals surface area contributed by atoms with Crippen molar-refractivity contribution in [2.75, 3.05) is 18.0 Å². The molecule has 0 aromatic heterocycles. The summed E-state index contributed by atoms with van der Waals surface area (Å²) in [5.41, 5.74) is 2.34. The molecule has 5 nitrogen and oxygen atoms in total. The highest BCUT2D eigenvalue weighted by Crippen LogP contribution is 2.34. The number of carbonyl (C=O) groups is 2. The highest BCUT2D eigenvalue weighted by molar-refractivity contribution is 5.97. The minimum atomic E-state index is 0.0253. The van der Waals surface area contributed by atoms with Crippen LogP contribution in [-0.2, 0) is 11.2 Å². The number of piperidine rings is 1. The van der Waals surface area contributed by atoms with Gasteiger partial charge in [0, 0.05) is 36.8 Å². The van der Waals surface area contributed by atoms with E-state index in [2.05, 4.69) is 24.4 Å². The first-order chi connectivity index (χ1) is 13.1. The lowest BCUT2D eigenvalue weighted by Crippen LogP contribution is -2.50. The number of nitrogens with one attached hydrogen (secondary N) is 1. The quantitative estimate of drug-likeness (QED) is 0.864. The van der Waals surface area contributed by atoms with Gasteiger partial charge in [0.25, 0.3) is 0 Å². The maximum atomic E-state index is 13.2. The number of fused-ring (bicyclic) bond motifs is 1. The molecule has 5 heteroatoms. The van der Waals surface area contributed by atoms with Crippen molar-refractivity contribution < 1.29 is 9.59 Å². The predicted molar refractivity (Wildman–Crippen MR) is 107 cm³/mol. The van der Waals surface area contributed by atoms with E-state index < -0.39 is 0 Å². The first kappa shape index (κ1) is 18.3. The lowest BCUT2D eigenvalue weighted by Gasteiger charge is -2.35. The topological polar surface area (TPSA) is 52.7 Å². The Kier molecular flexibility index (Phi) is 5.37. The van der Waals surface area contributed by atoms with Gasteiger partial charge in [-0.15, -0.1) is 0 Å². The summed E-state index contributed by atoms with van der Waals surface area (Å²) in [6, 6.07) is 8.86. The second-order valence-electron chi connectivity index (χ2n) is 8.44. The van der Waals surface area contributed by atoms with Gasteiger partial charge in [-0.05, 0) is 50.7 Å². The van der Waals surface area contributed by atoms with Crippen molar-refractivity contribution in [3.05, 3.63) is 29.8 Å². The van der Waals surface area contributed by atoms with E-state index in [-0.39, 0.29) is 23.9 Å². The Hall–Kier alpha value is -2.04. The van der Waals surface area contributed by atoms with E-state index in [1.807, 2.05) is 21.9 Å². The van der Waals surface area contributed by atoms with Gasteiger partial charge in [0.2, 0.25) is 5.91 Å². The molecule has 27 heavy (non-hydrogen) atoms. The Morgan fingerprint density at radius 1 is 1.00 bits per heavy atom. The minimum Gasteiger partial charge on any atom is -0.335 e. The fraction of sp³-hybridized carbons (Fsp3) is 0.636. The fourth-order valence-corrected chi connectivity index (χ4v) is 4.94. The first-order valence-electron chi connectivity index (χ1n) is 10.6. The average molecular weight is 370 g/mol. The standard InChI is InChI=1S/C22H31N3O2/c1-16-15-18-7-5-6-10-20(18)25(16)21(26)17-11-13-24(14-12-17)22(27)23-19-8-3-2-4-9-19/h5-7,10,16-17,19H,2-4,8-9,11-15H2,1H3,(H,23,27). The second kappa shape index (κ2) is 7.91. The molecule has 4 rings (SSSR count). The van der Waals surface area contributed by atoms with Crippen LogP contribution in [0.25, 0.3) is 0 Å². The number of hydrogen-bond acceptors (Lipinski definition) is 2. The summed E-state index contributed by atoms with van der Waals surface area (Å²) in [6.45, 7) is 3.49. The van der Waals surface area contributed by atoms with Crippen LogP contribution >= 0.6 is 0 Å². The lowest BCUT2D eigenvalue weighted by molar-refractivity contribution is -0.123. The third-order valence-electron chi connectivity index (χ3n) is 6.51. The van der Waals surface area contributed by atoms with Gasteiger partial charge in [-0.1, -0.05) is 37.5 Å². The van der Waals surface area contributed by atoms with Gasteiger partial charge in [-0.2, -0.15) is 0 Å². The Balaban J connectivity index is 1.32. The predicted octanol–water partition coefficient (Wildman–Crippen LogP) is 3.72. The normalized spacial score (nSPS) is 24.0. The molecule has 1 N–H and O–H groups in total. The number of para-hydroxylation sites is 1. The Morgan fingerprint density at radius 3 is 2.44 bits per heavy atom. The molecule has 0 bridgehead atoms. The monoisotopic (exact) mass is 369 g/mol. The van der Waals surface area contributed by atoms with Crippen molar-refractivity contribution >= 4 is 17.6 Å². The highest BCUT2D eigenvalue weighted by atomic mass is 16.2. The van der Waals surface area contributed by atoms with Crippen LogP contribution in [0.15, 0.2) is 24.3 Å². The van der Waals surface area contributed by atoms with Crippen molar-refractivity contribution in [3.8, 4) is 0 Å². The van der Waals surface area contributed by atoms with Crippen molar-refractivity contribution in [2.45, 2.75) is 70.4 Å². The third-order valence-corrected chi connectivity index (χ3v) is 6.51. The number of nitrogens with zero attached hydrogens (tertiary/aromatic N) is 2. The zero-order valence-corrected chi connectivity index (χ0v) is 16.3. The molecule has 1 aromatic rings. The van der Waals surface area contributed by atoms with Crippen molar-refractivity contribution in [3.63, 3.8) is 0 Å². The molecule has 3 amide bonds. The molecule has 1 saturated carbocycles. The molecule has 0 radical (unpaired) electrons. The highest BCUT2D eigenvalue weighted by Gasteiger charge is 2.36. The summed E-state index contributed by atoms with van der Waals surface area (Å²) in [6.07, 6.45) is 8.40. The molecule has 1 atom stereocenters. The summed E-state index contributed by atoms with van der Waals surface area (Å²) < 4.78 is 0. The Morgan fingerprint density at radius 2 is 1.70 bits per heavy atom. The third kappa shape index (κ3) is 3.83. The summed E-state index contributed by atoms with van der Waals surface area (Å²) in [5, 5.41) is 3.20. The number of urea groups is 1. The van der Waals surface area contributed by atoms with Crippen LogP contribution in [0.4, 0.5) is 10.5 Å². The van der Waals surface area contributed by atoms with Crippen LogP contribution in [0, 0.1) is 5.92 Å². The van der Waals surface area contributed by atoms with E-state index in [0.717, 1.165) is 37.8 Å². The largest absolute Gasteiger partial charge is 0.335 e. The second-order valence-corrected chi connectivity index (χ2v) is 8.44. The Labute approximate surface area is 162 Å². The summed E-state index contributed by atoms with van der Waals surface area (Å²) in [5.74, 6) is 0.261. The zero-order valence-electron chi connectivity index (χ0n) is 16.3. The van der Waals surface area contributed by atoms with Gasteiger partial charge < -0.3 is 15.1 Å². The van der Waals surface area contributed by atoms with E-state index in [0.29, 0.717) is 19.1 Å². The van der Waals surface area contributed by atoms with E-state index in [4.69, 9.17) is 0 Å². The van der Waals surface area contributed by atoms with Crippen molar-refractivity contribution in [1.29, 1.82) is 0 Å². The summed E-state index contributed by atoms with van der Waals surface area (Å²) >= 11 is 0. The molecule has 1 saturated heterocycles. The fourth-order valence-electron chi connectivity index (χ4n) is 4.94. The number of anilines is 1. The molecule has 1 aromatic carbocycles. The molecule has 2 aliphatic heterocycles. The molecule has 2 fully saturated rings. The number of benzene rings is 1. The molecular formula is C22H31N3O2. The van der Waals surface area contributed by atoms with Crippen LogP contribution in [0.1, 0.15) is 57.4 Å². The van der Waals surface area contributed by atoms with E-state index in [1.165, 1.54) is 24.8 Å². The SMILES string of the molecule is CC1Cc2ccccc2N1C(=O)C1CCN(C(=O)NC2CCCCC2)CC1. The van der Waals surface area contributed by atoms with E-state index in [1.54, 1.807) is 0 Å².